The molecule has 0 spiro atoms. The van der Waals surface area contributed by atoms with Gasteiger partial charge in [0.05, 0.1) is 0 Å². The number of nitrogens with zero attached hydrogens (tertiary/aromatic N) is 3. The summed E-state index contributed by atoms with van der Waals surface area (Å²) in [4.78, 5) is 45.4. The molecule has 2 unspecified atom stereocenters. The van der Waals surface area contributed by atoms with E-state index >= 15 is 0 Å². The highest BCUT2D eigenvalue weighted by Crippen LogP contribution is 2.65. The predicted octanol–water partition coefficient (Wildman–Crippen LogP) is 1.25. The fourth-order valence-corrected chi connectivity index (χ4v) is 6.43. The summed E-state index contributed by atoms with van der Waals surface area (Å²) < 4.78 is 2.70. The maximum Gasteiger partial charge on any atom is 0.332 e. The second kappa shape index (κ2) is 6.06. The fourth-order valence-electron chi connectivity index (χ4n) is 6.43. The second-order valence-corrected chi connectivity index (χ2v) is 9.09. The summed E-state index contributed by atoms with van der Waals surface area (Å²) in [5, 5.41) is 0. The Morgan fingerprint density at radius 2 is 1.89 bits per heavy atom. The molecule has 4 bridgehead atoms. The van der Waals surface area contributed by atoms with Gasteiger partial charge in [-0.25, -0.2) is 9.78 Å². The second-order valence-electron chi connectivity index (χ2n) is 9.09. The number of aromatic nitrogens is 4. The molecule has 28 heavy (non-hydrogen) atoms. The van der Waals surface area contributed by atoms with Gasteiger partial charge in [-0.1, -0.05) is 6.92 Å². The molecule has 6 rings (SSSR count). The quantitative estimate of drug-likeness (QED) is 0.778. The summed E-state index contributed by atoms with van der Waals surface area (Å²) in [5.74, 6) is 2.55. The van der Waals surface area contributed by atoms with E-state index < -0.39 is 11.6 Å². The number of fused-ring (bicyclic) bond motifs is 1. The van der Waals surface area contributed by atoms with Crippen molar-refractivity contribution in [2.24, 2.45) is 23.5 Å². The van der Waals surface area contributed by atoms with Gasteiger partial charge in [0, 0.05) is 24.9 Å². The molecule has 0 aliphatic heterocycles. The van der Waals surface area contributed by atoms with Gasteiger partial charge in [-0.2, -0.15) is 0 Å². The number of hydrogen-bond donors (Lipinski definition) is 2. The standard InChI is InChI=1S/C20H27N5O3/c1-2-4-25-17(27)15-16(24(19(25)28)5-3-14(21)26)23-18(22-15)20-9-11-6-12(10-20)8-13(20)7-11/h11-13H,2-10H2,1H3,(H2,21,26)(H,22,23). The van der Waals surface area contributed by atoms with Gasteiger partial charge in [-0.05, 0) is 56.3 Å². The number of H-pyrrole nitrogens is 1. The van der Waals surface area contributed by atoms with Crippen molar-refractivity contribution >= 4 is 17.1 Å². The number of rotatable bonds is 6. The lowest BCUT2D eigenvalue weighted by Gasteiger charge is -2.30. The molecular formula is C20H27N5O3. The third-order valence-corrected chi connectivity index (χ3v) is 7.35. The molecule has 2 atom stereocenters. The van der Waals surface area contributed by atoms with Crippen LogP contribution in [0.15, 0.2) is 9.59 Å². The number of aromatic amines is 1. The van der Waals surface area contributed by atoms with E-state index in [9.17, 15) is 14.4 Å². The Morgan fingerprint density at radius 3 is 2.54 bits per heavy atom. The van der Waals surface area contributed by atoms with Crippen LogP contribution in [-0.2, 0) is 23.3 Å². The average Bonchev–Trinajstić information content (AvgIpc) is 3.26. The van der Waals surface area contributed by atoms with Crippen LogP contribution in [0.1, 0.15) is 57.7 Å². The zero-order valence-corrected chi connectivity index (χ0v) is 16.2. The summed E-state index contributed by atoms with van der Waals surface area (Å²) >= 11 is 0. The first-order valence-electron chi connectivity index (χ1n) is 10.4. The number of imidazole rings is 1. The van der Waals surface area contributed by atoms with Crippen LogP contribution in [-0.4, -0.2) is 25.0 Å². The monoisotopic (exact) mass is 385 g/mol. The number of hydrogen-bond acceptors (Lipinski definition) is 4. The first kappa shape index (κ1) is 17.7. The summed E-state index contributed by atoms with van der Waals surface area (Å²) in [6, 6.07) is 0. The van der Waals surface area contributed by atoms with E-state index in [1.807, 2.05) is 6.92 Å². The molecule has 4 aliphatic carbocycles. The normalized spacial score (nSPS) is 30.5. The van der Waals surface area contributed by atoms with Crippen LogP contribution >= 0.6 is 0 Å². The van der Waals surface area contributed by atoms with Crippen molar-refractivity contribution in [2.45, 2.75) is 70.4 Å². The van der Waals surface area contributed by atoms with Crippen molar-refractivity contribution < 1.29 is 4.79 Å². The van der Waals surface area contributed by atoms with Gasteiger partial charge in [0.25, 0.3) is 5.56 Å². The van der Waals surface area contributed by atoms with Gasteiger partial charge in [0.15, 0.2) is 5.65 Å². The van der Waals surface area contributed by atoms with Crippen molar-refractivity contribution in [3.8, 4) is 0 Å². The average molecular weight is 385 g/mol. The van der Waals surface area contributed by atoms with E-state index in [0.717, 1.165) is 30.5 Å². The van der Waals surface area contributed by atoms with Gasteiger partial charge in [0.2, 0.25) is 5.91 Å². The van der Waals surface area contributed by atoms with E-state index in [4.69, 9.17) is 10.7 Å². The molecule has 8 heteroatoms. The Labute approximate surface area is 162 Å². The first-order valence-corrected chi connectivity index (χ1v) is 10.4. The highest BCUT2D eigenvalue weighted by atomic mass is 16.2. The van der Waals surface area contributed by atoms with E-state index in [2.05, 4.69) is 4.98 Å². The highest BCUT2D eigenvalue weighted by molar-refractivity contribution is 5.74. The number of nitrogens with two attached hydrogens (primary N) is 1. The Morgan fingerprint density at radius 1 is 1.18 bits per heavy atom. The molecule has 4 saturated carbocycles. The molecule has 8 nitrogen and oxygen atoms in total. The number of nitrogens with one attached hydrogen (secondary N) is 1. The van der Waals surface area contributed by atoms with Crippen LogP contribution in [0.25, 0.3) is 11.2 Å². The summed E-state index contributed by atoms with van der Waals surface area (Å²) in [7, 11) is 0. The van der Waals surface area contributed by atoms with E-state index in [-0.39, 0.29) is 23.9 Å². The third kappa shape index (κ3) is 2.36. The van der Waals surface area contributed by atoms with E-state index in [0.29, 0.717) is 30.0 Å². The minimum atomic E-state index is -0.477. The van der Waals surface area contributed by atoms with Crippen molar-refractivity contribution in [3.63, 3.8) is 0 Å². The number of aryl methyl sites for hydroxylation is 1. The Hall–Kier alpha value is -2.38. The van der Waals surface area contributed by atoms with Gasteiger partial charge in [-0.15, -0.1) is 0 Å². The molecule has 4 aliphatic rings. The topological polar surface area (TPSA) is 116 Å². The number of carbonyl (C=O) groups is 1. The van der Waals surface area contributed by atoms with Gasteiger partial charge < -0.3 is 10.7 Å². The van der Waals surface area contributed by atoms with Crippen LogP contribution < -0.4 is 17.0 Å². The van der Waals surface area contributed by atoms with Crippen LogP contribution in [0.2, 0.25) is 0 Å². The largest absolute Gasteiger partial charge is 0.370 e. The summed E-state index contributed by atoms with van der Waals surface area (Å²) in [5.41, 5.74) is 5.36. The fraction of sp³-hybridized carbons (Fsp3) is 0.700. The highest BCUT2D eigenvalue weighted by Gasteiger charge is 2.59. The zero-order chi connectivity index (χ0) is 19.6. The molecule has 0 saturated heterocycles. The van der Waals surface area contributed by atoms with Crippen molar-refractivity contribution in [1.82, 2.24) is 19.1 Å². The molecule has 150 valence electrons. The van der Waals surface area contributed by atoms with Gasteiger partial charge >= 0.3 is 5.69 Å². The molecule has 4 fully saturated rings. The van der Waals surface area contributed by atoms with Crippen LogP contribution in [0.5, 0.6) is 0 Å². The van der Waals surface area contributed by atoms with E-state index in [1.165, 1.54) is 28.4 Å². The van der Waals surface area contributed by atoms with Gasteiger partial charge in [0.1, 0.15) is 11.3 Å². The predicted molar refractivity (Wildman–Crippen MR) is 104 cm³/mol. The number of amides is 1. The number of carbonyl (C=O) groups excluding carboxylic acids is 1. The minimum absolute atomic E-state index is 0.0270. The van der Waals surface area contributed by atoms with Crippen molar-refractivity contribution in [3.05, 3.63) is 26.7 Å². The molecule has 0 radical (unpaired) electrons. The lowest BCUT2D eigenvalue weighted by Crippen LogP contribution is -2.40. The molecule has 2 aromatic heterocycles. The zero-order valence-electron chi connectivity index (χ0n) is 16.2. The Bertz CT molecular complexity index is 1060. The first-order chi connectivity index (χ1) is 13.4. The molecule has 3 N–H and O–H groups in total. The Kier molecular flexibility index (Phi) is 3.83. The van der Waals surface area contributed by atoms with Crippen LogP contribution in [0.3, 0.4) is 0 Å². The lowest BCUT2D eigenvalue weighted by molar-refractivity contribution is -0.118. The molecule has 1 amide bonds. The molecule has 0 aromatic carbocycles. The van der Waals surface area contributed by atoms with E-state index in [1.54, 1.807) is 0 Å². The third-order valence-electron chi connectivity index (χ3n) is 7.35. The van der Waals surface area contributed by atoms with Crippen molar-refractivity contribution in [1.29, 1.82) is 0 Å². The Balaban J connectivity index is 1.69. The maximum absolute atomic E-state index is 13.0. The van der Waals surface area contributed by atoms with Crippen LogP contribution in [0, 0.1) is 17.8 Å². The SMILES string of the molecule is CCCn1c(=O)c2[nH]c(C34CC5CC(CC3C5)C4)nc2n(CCC(N)=O)c1=O. The van der Waals surface area contributed by atoms with Crippen LogP contribution in [0.4, 0.5) is 0 Å². The van der Waals surface area contributed by atoms with Gasteiger partial charge in [-0.3, -0.25) is 18.7 Å². The smallest absolute Gasteiger partial charge is 0.332 e. The van der Waals surface area contributed by atoms with Crippen molar-refractivity contribution in [2.75, 3.05) is 0 Å². The lowest BCUT2D eigenvalue weighted by atomic mass is 9.75. The summed E-state index contributed by atoms with van der Waals surface area (Å²) in [6.07, 6.45) is 6.80. The molecule has 2 heterocycles. The molecule has 2 aromatic rings. The number of primary amides is 1. The molecular weight excluding hydrogens is 358 g/mol. The minimum Gasteiger partial charge on any atom is -0.370 e. The maximum atomic E-state index is 13.0. The summed E-state index contributed by atoms with van der Waals surface area (Å²) in [6.45, 7) is 2.41.